The van der Waals surface area contributed by atoms with Gasteiger partial charge in [-0.25, -0.2) is 15.0 Å². The summed E-state index contributed by atoms with van der Waals surface area (Å²) in [7, 11) is 1.86. The van der Waals surface area contributed by atoms with Crippen molar-refractivity contribution < 1.29 is 0 Å². The molecule has 0 amide bonds. The van der Waals surface area contributed by atoms with Gasteiger partial charge < -0.3 is 9.88 Å². The molecule has 1 N–H and O–H groups in total. The molecule has 0 aliphatic rings. The van der Waals surface area contributed by atoms with Crippen molar-refractivity contribution >= 4 is 16.9 Å². The molecule has 2 heterocycles. The second-order valence-corrected chi connectivity index (χ2v) is 4.42. The largest absolute Gasteiger partial charge is 0.373 e. The molecule has 1 aromatic carbocycles. The van der Waals surface area contributed by atoms with E-state index in [2.05, 4.69) is 30.9 Å². The smallest absolute Gasteiger partial charge is 0.150 e. The second kappa shape index (κ2) is 4.68. The van der Waals surface area contributed by atoms with E-state index in [1.807, 2.05) is 44.6 Å². The van der Waals surface area contributed by atoms with E-state index in [1.165, 1.54) is 0 Å². The minimum atomic E-state index is 0.622. The Labute approximate surface area is 111 Å². The molecular weight excluding hydrogens is 238 g/mol. The van der Waals surface area contributed by atoms with Crippen molar-refractivity contribution in [2.24, 2.45) is 0 Å². The first-order chi connectivity index (χ1) is 9.26. The third-order valence-electron chi connectivity index (χ3n) is 3.00. The Morgan fingerprint density at radius 1 is 1.21 bits per heavy atom. The number of rotatable bonds is 3. The number of aromatic nitrogens is 4. The van der Waals surface area contributed by atoms with Crippen LogP contribution >= 0.6 is 0 Å². The van der Waals surface area contributed by atoms with Crippen LogP contribution in [0.25, 0.3) is 11.0 Å². The Kier molecular flexibility index (Phi) is 2.87. The van der Waals surface area contributed by atoms with Gasteiger partial charge >= 0.3 is 0 Å². The SMILES string of the molecule is CNc1cc(C)nc(Cn2cnc3ccccc32)n1. The number of fused-ring (bicyclic) bond motifs is 1. The number of hydrogen-bond acceptors (Lipinski definition) is 4. The summed E-state index contributed by atoms with van der Waals surface area (Å²) in [5, 5.41) is 3.05. The molecule has 96 valence electrons. The van der Waals surface area contributed by atoms with Crippen LogP contribution in [0.15, 0.2) is 36.7 Å². The summed E-state index contributed by atoms with van der Waals surface area (Å²) in [5.41, 5.74) is 3.04. The van der Waals surface area contributed by atoms with Gasteiger partial charge in [-0.2, -0.15) is 0 Å². The first-order valence-corrected chi connectivity index (χ1v) is 6.18. The van der Waals surface area contributed by atoms with E-state index in [9.17, 15) is 0 Å². The highest BCUT2D eigenvalue weighted by Gasteiger charge is 2.05. The molecule has 0 atom stereocenters. The molecule has 0 saturated carbocycles. The van der Waals surface area contributed by atoms with Crippen molar-refractivity contribution in [3.63, 3.8) is 0 Å². The zero-order valence-electron chi connectivity index (χ0n) is 11.0. The summed E-state index contributed by atoms with van der Waals surface area (Å²) in [4.78, 5) is 13.3. The Balaban J connectivity index is 1.99. The highest BCUT2D eigenvalue weighted by Crippen LogP contribution is 2.13. The van der Waals surface area contributed by atoms with Crippen LogP contribution in [0.5, 0.6) is 0 Å². The molecule has 0 saturated heterocycles. The fourth-order valence-electron chi connectivity index (χ4n) is 2.12. The van der Waals surface area contributed by atoms with Gasteiger partial charge in [-0.3, -0.25) is 0 Å². The molecule has 0 fully saturated rings. The lowest BCUT2D eigenvalue weighted by molar-refractivity contribution is 0.759. The molecule has 3 rings (SSSR count). The molecule has 5 heteroatoms. The molecule has 0 unspecified atom stereocenters. The standard InChI is InChI=1S/C14H15N5/c1-10-7-13(15-2)18-14(17-10)8-19-9-16-11-5-3-4-6-12(11)19/h3-7,9H,8H2,1-2H3,(H,15,17,18). The van der Waals surface area contributed by atoms with Gasteiger partial charge in [-0.1, -0.05) is 12.1 Å². The monoisotopic (exact) mass is 253 g/mol. The minimum Gasteiger partial charge on any atom is -0.373 e. The van der Waals surface area contributed by atoms with Gasteiger partial charge in [0.2, 0.25) is 0 Å². The lowest BCUT2D eigenvalue weighted by Crippen LogP contribution is -2.06. The molecule has 0 radical (unpaired) electrons. The summed E-state index contributed by atoms with van der Waals surface area (Å²) in [6.45, 7) is 2.59. The summed E-state index contributed by atoms with van der Waals surface area (Å²) >= 11 is 0. The molecule has 5 nitrogen and oxygen atoms in total. The van der Waals surface area contributed by atoms with E-state index in [1.54, 1.807) is 0 Å². The van der Waals surface area contributed by atoms with Crippen molar-refractivity contribution in [3.05, 3.63) is 48.2 Å². The Morgan fingerprint density at radius 2 is 2.05 bits per heavy atom. The lowest BCUT2D eigenvalue weighted by atomic mass is 10.3. The van der Waals surface area contributed by atoms with Crippen molar-refractivity contribution in [3.8, 4) is 0 Å². The summed E-state index contributed by atoms with van der Waals surface area (Å²) in [6, 6.07) is 9.98. The maximum Gasteiger partial charge on any atom is 0.150 e. The average Bonchev–Trinajstić information content (AvgIpc) is 2.82. The van der Waals surface area contributed by atoms with Crippen molar-refractivity contribution in [2.75, 3.05) is 12.4 Å². The average molecular weight is 253 g/mol. The van der Waals surface area contributed by atoms with Crippen LogP contribution in [-0.4, -0.2) is 26.6 Å². The van der Waals surface area contributed by atoms with Gasteiger partial charge in [0.15, 0.2) is 5.82 Å². The summed E-state index contributed by atoms with van der Waals surface area (Å²) in [5.74, 6) is 1.62. The third kappa shape index (κ3) is 2.27. The van der Waals surface area contributed by atoms with Gasteiger partial charge in [0.1, 0.15) is 5.82 Å². The van der Waals surface area contributed by atoms with E-state index in [0.29, 0.717) is 6.54 Å². The van der Waals surface area contributed by atoms with Crippen LogP contribution in [0, 0.1) is 6.92 Å². The summed E-state index contributed by atoms with van der Waals surface area (Å²) in [6.07, 6.45) is 1.83. The van der Waals surface area contributed by atoms with Gasteiger partial charge in [-0.15, -0.1) is 0 Å². The Hall–Kier alpha value is -2.43. The molecule has 0 spiro atoms. The van der Waals surface area contributed by atoms with Crippen LogP contribution in [0.1, 0.15) is 11.5 Å². The van der Waals surface area contributed by atoms with Crippen LogP contribution in [-0.2, 0) is 6.54 Å². The van der Waals surface area contributed by atoms with E-state index >= 15 is 0 Å². The van der Waals surface area contributed by atoms with Crippen molar-refractivity contribution in [2.45, 2.75) is 13.5 Å². The predicted molar refractivity (Wildman–Crippen MR) is 75.2 cm³/mol. The predicted octanol–water partition coefficient (Wildman–Crippen LogP) is 2.22. The van der Waals surface area contributed by atoms with Gasteiger partial charge in [0.05, 0.1) is 23.9 Å². The summed E-state index contributed by atoms with van der Waals surface area (Å²) < 4.78 is 2.06. The molecule has 0 aliphatic heterocycles. The van der Waals surface area contributed by atoms with E-state index in [4.69, 9.17) is 0 Å². The fourth-order valence-corrected chi connectivity index (χ4v) is 2.12. The van der Waals surface area contributed by atoms with Crippen LogP contribution < -0.4 is 5.32 Å². The molecule has 0 aliphatic carbocycles. The number of anilines is 1. The topological polar surface area (TPSA) is 55.6 Å². The zero-order valence-corrected chi connectivity index (χ0v) is 11.0. The maximum absolute atomic E-state index is 4.46. The number of para-hydroxylation sites is 2. The first-order valence-electron chi connectivity index (χ1n) is 6.18. The highest BCUT2D eigenvalue weighted by molar-refractivity contribution is 5.74. The van der Waals surface area contributed by atoms with E-state index in [-0.39, 0.29) is 0 Å². The molecule has 3 aromatic rings. The number of aryl methyl sites for hydroxylation is 1. The number of imidazole rings is 1. The molecular formula is C14H15N5. The Morgan fingerprint density at radius 3 is 2.89 bits per heavy atom. The highest BCUT2D eigenvalue weighted by atomic mass is 15.1. The number of benzene rings is 1. The number of hydrogen-bond donors (Lipinski definition) is 1. The maximum atomic E-state index is 4.46. The van der Waals surface area contributed by atoms with Gasteiger partial charge in [0, 0.05) is 18.8 Å². The lowest BCUT2D eigenvalue weighted by Gasteiger charge is -2.07. The molecule has 2 aromatic heterocycles. The van der Waals surface area contributed by atoms with E-state index in [0.717, 1.165) is 28.4 Å². The minimum absolute atomic E-state index is 0.622. The van der Waals surface area contributed by atoms with Crippen molar-refractivity contribution in [1.82, 2.24) is 19.5 Å². The van der Waals surface area contributed by atoms with Crippen molar-refractivity contribution in [1.29, 1.82) is 0 Å². The quantitative estimate of drug-likeness (QED) is 0.777. The molecule has 0 bridgehead atoms. The first kappa shape index (κ1) is 11.6. The Bertz CT molecular complexity index is 717. The van der Waals surface area contributed by atoms with Gasteiger partial charge in [-0.05, 0) is 19.1 Å². The van der Waals surface area contributed by atoms with Crippen LogP contribution in [0.2, 0.25) is 0 Å². The van der Waals surface area contributed by atoms with E-state index < -0.39 is 0 Å². The van der Waals surface area contributed by atoms with Crippen LogP contribution in [0.3, 0.4) is 0 Å². The molecule has 19 heavy (non-hydrogen) atoms. The second-order valence-electron chi connectivity index (χ2n) is 4.42. The third-order valence-corrected chi connectivity index (χ3v) is 3.00. The normalized spacial score (nSPS) is 10.8. The number of nitrogens with one attached hydrogen (secondary N) is 1. The van der Waals surface area contributed by atoms with Gasteiger partial charge in [0.25, 0.3) is 0 Å². The fraction of sp³-hybridized carbons (Fsp3) is 0.214. The zero-order chi connectivity index (χ0) is 13.2. The number of nitrogens with zero attached hydrogens (tertiary/aromatic N) is 4. The van der Waals surface area contributed by atoms with Crippen LogP contribution in [0.4, 0.5) is 5.82 Å².